The van der Waals surface area contributed by atoms with E-state index in [0.717, 1.165) is 56.9 Å². The van der Waals surface area contributed by atoms with Crippen LogP contribution < -0.4 is 0 Å². The van der Waals surface area contributed by atoms with E-state index in [1.165, 1.54) is 5.56 Å². The van der Waals surface area contributed by atoms with Gasteiger partial charge in [-0.2, -0.15) is 5.10 Å². The zero-order valence-corrected chi connectivity index (χ0v) is 18.1. The monoisotopic (exact) mass is 422 g/mol. The topological polar surface area (TPSA) is 41.4 Å². The normalized spacial score (nSPS) is 15.2. The average Bonchev–Trinajstić information content (AvgIpc) is 3.06. The van der Waals surface area contributed by atoms with Gasteiger partial charge in [-0.05, 0) is 36.6 Å². The van der Waals surface area contributed by atoms with Crippen LogP contribution in [0.4, 0.5) is 0 Å². The summed E-state index contributed by atoms with van der Waals surface area (Å²) in [6.45, 7) is 6.37. The van der Waals surface area contributed by atoms with Gasteiger partial charge in [0.05, 0.1) is 23.1 Å². The SMILES string of the molecule is CCc1c(C(=O)N2CCCN(Cc3ccccc3)CC2)cnn1-c1cccc(Cl)c1. The van der Waals surface area contributed by atoms with E-state index in [-0.39, 0.29) is 5.91 Å². The van der Waals surface area contributed by atoms with Crippen LogP contribution in [0.3, 0.4) is 0 Å². The van der Waals surface area contributed by atoms with Gasteiger partial charge in [-0.1, -0.05) is 54.9 Å². The van der Waals surface area contributed by atoms with E-state index in [4.69, 9.17) is 11.6 Å². The summed E-state index contributed by atoms with van der Waals surface area (Å²) >= 11 is 6.15. The lowest BCUT2D eigenvalue weighted by Crippen LogP contribution is -2.35. The number of nitrogens with zero attached hydrogens (tertiary/aromatic N) is 4. The molecule has 2 heterocycles. The van der Waals surface area contributed by atoms with Gasteiger partial charge >= 0.3 is 0 Å². The smallest absolute Gasteiger partial charge is 0.257 e. The van der Waals surface area contributed by atoms with E-state index in [1.54, 1.807) is 6.20 Å². The Morgan fingerprint density at radius 1 is 1.03 bits per heavy atom. The maximum atomic E-state index is 13.3. The molecule has 1 saturated heterocycles. The number of halogens is 1. The minimum atomic E-state index is 0.0710. The van der Waals surface area contributed by atoms with Crippen LogP contribution in [0, 0.1) is 0 Å². The van der Waals surface area contributed by atoms with E-state index < -0.39 is 0 Å². The molecule has 0 saturated carbocycles. The molecule has 0 aliphatic carbocycles. The first-order valence-electron chi connectivity index (χ1n) is 10.5. The number of carbonyl (C=O) groups is 1. The molecule has 156 valence electrons. The molecule has 0 radical (unpaired) electrons. The molecular formula is C24H27ClN4O. The van der Waals surface area contributed by atoms with Crippen LogP contribution in [-0.4, -0.2) is 51.7 Å². The second-order valence-electron chi connectivity index (χ2n) is 7.66. The number of hydrogen-bond donors (Lipinski definition) is 0. The Morgan fingerprint density at radius 3 is 2.63 bits per heavy atom. The van der Waals surface area contributed by atoms with Crippen LogP contribution in [-0.2, 0) is 13.0 Å². The van der Waals surface area contributed by atoms with Gasteiger partial charge in [0, 0.05) is 37.7 Å². The van der Waals surface area contributed by atoms with Gasteiger partial charge < -0.3 is 4.90 Å². The minimum absolute atomic E-state index is 0.0710. The van der Waals surface area contributed by atoms with Crippen LogP contribution in [0.2, 0.25) is 5.02 Å². The Morgan fingerprint density at radius 2 is 1.87 bits per heavy atom. The van der Waals surface area contributed by atoms with Crippen LogP contribution in [0.1, 0.15) is 35.0 Å². The van der Waals surface area contributed by atoms with E-state index >= 15 is 0 Å². The van der Waals surface area contributed by atoms with Crippen molar-refractivity contribution in [1.82, 2.24) is 19.6 Å². The van der Waals surface area contributed by atoms with Gasteiger partial charge in [0.25, 0.3) is 5.91 Å². The molecule has 2 aromatic carbocycles. The highest BCUT2D eigenvalue weighted by molar-refractivity contribution is 6.30. The van der Waals surface area contributed by atoms with E-state index in [2.05, 4.69) is 41.2 Å². The summed E-state index contributed by atoms with van der Waals surface area (Å²) in [6.07, 6.45) is 3.40. The summed E-state index contributed by atoms with van der Waals surface area (Å²) in [5.74, 6) is 0.0710. The van der Waals surface area contributed by atoms with Crippen LogP contribution >= 0.6 is 11.6 Å². The first-order valence-corrected chi connectivity index (χ1v) is 10.9. The summed E-state index contributed by atoms with van der Waals surface area (Å²) < 4.78 is 1.83. The Kier molecular flexibility index (Phi) is 6.50. The molecule has 1 amide bonds. The standard InChI is InChI=1S/C24H27ClN4O/c1-2-23-22(17-26-29(23)21-11-6-10-20(25)16-21)24(30)28-13-7-12-27(14-15-28)18-19-8-4-3-5-9-19/h3-6,8-11,16-17H,2,7,12-15,18H2,1H3. The quantitative estimate of drug-likeness (QED) is 0.610. The molecule has 1 aliphatic rings. The highest BCUT2D eigenvalue weighted by atomic mass is 35.5. The van der Waals surface area contributed by atoms with Crippen LogP contribution in [0.25, 0.3) is 5.69 Å². The maximum absolute atomic E-state index is 13.3. The highest BCUT2D eigenvalue weighted by Gasteiger charge is 2.24. The predicted molar refractivity (Wildman–Crippen MR) is 120 cm³/mol. The molecule has 0 atom stereocenters. The second kappa shape index (κ2) is 9.45. The van der Waals surface area contributed by atoms with Gasteiger partial charge in [0.2, 0.25) is 0 Å². The molecule has 1 aliphatic heterocycles. The van der Waals surface area contributed by atoms with Crippen molar-refractivity contribution in [2.24, 2.45) is 0 Å². The lowest BCUT2D eigenvalue weighted by Gasteiger charge is -2.22. The van der Waals surface area contributed by atoms with Crippen LogP contribution in [0.15, 0.2) is 60.8 Å². The number of amides is 1. The molecule has 0 spiro atoms. The molecule has 1 aromatic heterocycles. The van der Waals surface area contributed by atoms with Crippen molar-refractivity contribution in [1.29, 1.82) is 0 Å². The summed E-state index contributed by atoms with van der Waals surface area (Å²) in [7, 11) is 0. The molecule has 6 heteroatoms. The predicted octanol–water partition coefficient (Wildman–Crippen LogP) is 4.44. The number of carbonyl (C=O) groups excluding carboxylic acids is 1. The first-order chi connectivity index (χ1) is 14.7. The van der Waals surface area contributed by atoms with Crippen molar-refractivity contribution >= 4 is 17.5 Å². The summed E-state index contributed by atoms with van der Waals surface area (Å²) in [5, 5.41) is 5.17. The lowest BCUT2D eigenvalue weighted by molar-refractivity contribution is 0.0760. The van der Waals surface area contributed by atoms with Crippen molar-refractivity contribution < 1.29 is 4.79 Å². The summed E-state index contributed by atoms with van der Waals surface area (Å²) in [4.78, 5) is 17.7. The zero-order valence-electron chi connectivity index (χ0n) is 17.3. The van der Waals surface area contributed by atoms with E-state index in [0.29, 0.717) is 10.6 Å². The number of benzene rings is 2. The molecule has 4 rings (SSSR count). The second-order valence-corrected chi connectivity index (χ2v) is 8.09. The fourth-order valence-corrected chi connectivity index (χ4v) is 4.25. The lowest BCUT2D eigenvalue weighted by atomic mass is 10.1. The molecule has 5 nitrogen and oxygen atoms in total. The third kappa shape index (κ3) is 4.58. The van der Waals surface area contributed by atoms with Gasteiger partial charge in [-0.15, -0.1) is 0 Å². The molecule has 30 heavy (non-hydrogen) atoms. The van der Waals surface area contributed by atoms with Gasteiger partial charge in [0.15, 0.2) is 0 Å². The Hall–Kier alpha value is -2.63. The zero-order chi connectivity index (χ0) is 20.9. The highest BCUT2D eigenvalue weighted by Crippen LogP contribution is 2.21. The molecule has 0 unspecified atom stereocenters. The Bertz CT molecular complexity index is 1000. The fourth-order valence-electron chi connectivity index (χ4n) is 4.07. The molecular weight excluding hydrogens is 396 g/mol. The first kappa shape index (κ1) is 20.6. The van der Waals surface area contributed by atoms with Crippen molar-refractivity contribution in [3.8, 4) is 5.69 Å². The Labute approximate surface area is 182 Å². The van der Waals surface area contributed by atoms with Crippen LogP contribution in [0.5, 0.6) is 0 Å². The van der Waals surface area contributed by atoms with Gasteiger partial charge in [0.1, 0.15) is 0 Å². The fraction of sp³-hybridized carbons (Fsp3) is 0.333. The molecule has 1 fully saturated rings. The summed E-state index contributed by atoms with van der Waals surface area (Å²) in [5.41, 5.74) is 3.80. The molecule has 0 bridgehead atoms. The van der Waals surface area contributed by atoms with Crippen molar-refractivity contribution in [2.45, 2.75) is 26.3 Å². The van der Waals surface area contributed by atoms with Gasteiger partial charge in [-0.25, -0.2) is 4.68 Å². The largest absolute Gasteiger partial charge is 0.337 e. The van der Waals surface area contributed by atoms with Crippen molar-refractivity contribution in [2.75, 3.05) is 26.2 Å². The number of aromatic nitrogens is 2. The van der Waals surface area contributed by atoms with Gasteiger partial charge in [-0.3, -0.25) is 9.69 Å². The van der Waals surface area contributed by atoms with E-state index in [1.807, 2.05) is 39.9 Å². The average molecular weight is 423 g/mol. The third-order valence-electron chi connectivity index (χ3n) is 5.61. The third-order valence-corrected chi connectivity index (χ3v) is 5.85. The number of hydrogen-bond acceptors (Lipinski definition) is 3. The maximum Gasteiger partial charge on any atom is 0.257 e. The number of rotatable bonds is 5. The van der Waals surface area contributed by atoms with Crippen molar-refractivity contribution in [3.05, 3.63) is 82.6 Å². The van der Waals surface area contributed by atoms with Crippen molar-refractivity contribution in [3.63, 3.8) is 0 Å². The molecule has 3 aromatic rings. The minimum Gasteiger partial charge on any atom is -0.337 e. The Balaban J connectivity index is 1.48. The van der Waals surface area contributed by atoms with E-state index in [9.17, 15) is 4.79 Å². The summed E-state index contributed by atoms with van der Waals surface area (Å²) in [6, 6.07) is 18.1. The molecule has 0 N–H and O–H groups in total.